The summed E-state index contributed by atoms with van der Waals surface area (Å²) in [6.45, 7) is 4.44. The van der Waals surface area contributed by atoms with E-state index >= 15 is 0 Å². The van der Waals surface area contributed by atoms with Gasteiger partial charge in [-0.15, -0.1) is 0 Å². The molecule has 2 N–H and O–H groups in total. The standard InChI is InChI=1S/C17H25N3O6S/c1-12(2)10-18-16(21)17(22)19-11-15-20(8-9-26-15)27(23,24)14-6-4-13(25-3)5-7-14/h4-7,12,15H,8-11H2,1-3H3,(H,18,21)(H,19,22)/t15-/m0/s1. The molecule has 1 atom stereocenters. The van der Waals surface area contributed by atoms with Crippen molar-refractivity contribution < 1.29 is 27.5 Å². The SMILES string of the molecule is COc1ccc(S(=O)(=O)N2CCO[C@H]2CNC(=O)C(=O)NCC(C)C)cc1. The summed E-state index contributed by atoms with van der Waals surface area (Å²) in [6.07, 6.45) is -0.876. The number of hydrogen-bond acceptors (Lipinski definition) is 6. The fourth-order valence-corrected chi connectivity index (χ4v) is 3.97. The first-order valence-electron chi connectivity index (χ1n) is 8.59. The predicted molar refractivity (Wildman–Crippen MR) is 97.5 cm³/mol. The highest BCUT2D eigenvalue weighted by Gasteiger charge is 2.36. The molecule has 1 saturated heterocycles. The molecule has 2 rings (SSSR count). The van der Waals surface area contributed by atoms with Crippen molar-refractivity contribution in [1.29, 1.82) is 0 Å². The molecular formula is C17H25N3O6S. The molecule has 0 unspecified atom stereocenters. The number of rotatable bonds is 7. The Bertz CT molecular complexity index is 763. The van der Waals surface area contributed by atoms with Crippen molar-refractivity contribution >= 4 is 21.8 Å². The number of nitrogens with one attached hydrogen (secondary N) is 2. The van der Waals surface area contributed by atoms with Gasteiger partial charge in [-0.3, -0.25) is 9.59 Å². The van der Waals surface area contributed by atoms with Gasteiger partial charge in [0.05, 0.1) is 25.2 Å². The molecule has 0 aliphatic carbocycles. The second-order valence-electron chi connectivity index (χ2n) is 6.43. The maximum atomic E-state index is 12.8. The molecule has 2 amide bonds. The van der Waals surface area contributed by atoms with Crippen molar-refractivity contribution in [2.24, 2.45) is 5.92 Å². The van der Waals surface area contributed by atoms with E-state index in [1.807, 2.05) is 13.8 Å². The van der Waals surface area contributed by atoms with Gasteiger partial charge in [-0.05, 0) is 30.2 Å². The van der Waals surface area contributed by atoms with Crippen LogP contribution in [0.15, 0.2) is 29.2 Å². The predicted octanol–water partition coefficient (Wildman–Crippen LogP) is -0.0694. The van der Waals surface area contributed by atoms with Crippen LogP contribution in [0.2, 0.25) is 0 Å². The number of ether oxygens (including phenoxy) is 2. The Morgan fingerprint density at radius 1 is 1.22 bits per heavy atom. The lowest BCUT2D eigenvalue weighted by molar-refractivity contribution is -0.139. The summed E-state index contributed by atoms with van der Waals surface area (Å²) in [5, 5.41) is 4.92. The molecular weight excluding hydrogens is 374 g/mol. The Balaban J connectivity index is 1.99. The second-order valence-corrected chi connectivity index (χ2v) is 8.32. The van der Waals surface area contributed by atoms with E-state index in [1.54, 1.807) is 12.1 Å². The molecule has 0 saturated carbocycles. The molecule has 9 nitrogen and oxygen atoms in total. The lowest BCUT2D eigenvalue weighted by atomic mass is 10.2. The summed E-state index contributed by atoms with van der Waals surface area (Å²) in [5.41, 5.74) is 0. The van der Waals surface area contributed by atoms with Gasteiger partial charge in [0.25, 0.3) is 0 Å². The first kappa shape index (κ1) is 21.1. The van der Waals surface area contributed by atoms with Crippen molar-refractivity contribution in [3.8, 4) is 5.75 Å². The average Bonchev–Trinajstić information content (AvgIpc) is 3.13. The minimum absolute atomic E-state index is 0.0970. The lowest BCUT2D eigenvalue weighted by Crippen LogP contribution is -2.47. The molecule has 10 heteroatoms. The Morgan fingerprint density at radius 3 is 2.44 bits per heavy atom. The van der Waals surface area contributed by atoms with Crippen LogP contribution in [0, 0.1) is 5.92 Å². The number of carbonyl (C=O) groups is 2. The lowest BCUT2D eigenvalue weighted by Gasteiger charge is -2.23. The second kappa shape index (κ2) is 9.16. The van der Waals surface area contributed by atoms with Gasteiger partial charge in [0.2, 0.25) is 10.0 Å². The number of benzene rings is 1. The van der Waals surface area contributed by atoms with Crippen LogP contribution in [0.4, 0.5) is 0 Å². The Morgan fingerprint density at radius 2 is 1.85 bits per heavy atom. The van der Waals surface area contributed by atoms with E-state index in [9.17, 15) is 18.0 Å². The fourth-order valence-electron chi connectivity index (χ4n) is 2.46. The van der Waals surface area contributed by atoms with Crippen LogP contribution in [-0.4, -0.2) is 64.1 Å². The van der Waals surface area contributed by atoms with Gasteiger partial charge in [-0.2, -0.15) is 4.31 Å². The van der Waals surface area contributed by atoms with Crippen molar-refractivity contribution in [1.82, 2.24) is 14.9 Å². The maximum absolute atomic E-state index is 12.8. The summed E-state index contributed by atoms with van der Waals surface area (Å²) >= 11 is 0. The molecule has 0 radical (unpaired) electrons. The molecule has 150 valence electrons. The highest BCUT2D eigenvalue weighted by molar-refractivity contribution is 7.89. The van der Waals surface area contributed by atoms with Gasteiger partial charge < -0.3 is 20.1 Å². The third-order valence-electron chi connectivity index (χ3n) is 3.92. The van der Waals surface area contributed by atoms with Gasteiger partial charge in [0.1, 0.15) is 12.0 Å². The van der Waals surface area contributed by atoms with Gasteiger partial charge in [-0.1, -0.05) is 13.8 Å². The number of amides is 2. The Kier molecular flexibility index (Phi) is 7.17. The average molecular weight is 399 g/mol. The first-order chi connectivity index (χ1) is 12.8. The molecule has 1 fully saturated rings. The molecule has 0 spiro atoms. The van der Waals surface area contributed by atoms with Crippen molar-refractivity contribution in [2.75, 3.05) is 33.4 Å². The van der Waals surface area contributed by atoms with Crippen LogP contribution >= 0.6 is 0 Å². The number of hydrogen-bond donors (Lipinski definition) is 2. The van der Waals surface area contributed by atoms with Crippen LogP contribution in [-0.2, 0) is 24.3 Å². The van der Waals surface area contributed by atoms with E-state index in [-0.39, 0.29) is 30.5 Å². The quantitative estimate of drug-likeness (QED) is 0.621. The Labute approximate surface area is 159 Å². The third-order valence-corrected chi connectivity index (χ3v) is 5.83. The van der Waals surface area contributed by atoms with Gasteiger partial charge >= 0.3 is 11.8 Å². The summed E-state index contributed by atoms with van der Waals surface area (Å²) in [7, 11) is -2.31. The molecule has 1 aromatic rings. The molecule has 1 aliphatic rings. The summed E-state index contributed by atoms with van der Waals surface area (Å²) < 4.78 is 37.2. The third kappa shape index (κ3) is 5.41. The topological polar surface area (TPSA) is 114 Å². The van der Waals surface area contributed by atoms with Crippen LogP contribution in [0.3, 0.4) is 0 Å². The molecule has 1 heterocycles. The van der Waals surface area contributed by atoms with Crippen LogP contribution in [0.25, 0.3) is 0 Å². The molecule has 0 bridgehead atoms. The molecule has 1 aromatic carbocycles. The largest absolute Gasteiger partial charge is 0.497 e. The smallest absolute Gasteiger partial charge is 0.309 e. The van der Waals surface area contributed by atoms with Crippen LogP contribution in [0.1, 0.15) is 13.8 Å². The van der Waals surface area contributed by atoms with Gasteiger partial charge in [-0.25, -0.2) is 8.42 Å². The number of nitrogens with zero attached hydrogens (tertiary/aromatic N) is 1. The monoisotopic (exact) mass is 399 g/mol. The maximum Gasteiger partial charge on any atom is 0.309 e. The van der Waals surface area contributed by atoms with E-state index in [4.69, 9.17) is 9.47 Å². The number of methoxy groups -OCH3 is 1. The van der Waals surface area contributed by atoms with Crippen LogP contribution < -0.4 is 15.4 Å². The van der Waals surface area contributed by atoms with E-state index in [2.05, 4.69) is 10.6 Å². The minimum Gasteiger partial charge on any atom is -0.497 e. The molecule has 0 aromatic heterocycles. The number of carbonyl (C=O) groups excluding carboxylic acids is 2. The van der Waals surface area contributed by atoms with Crippen molar-refractivity contribution in [3.05, 3.63) is 24.3 Å². The number of sulfonamides is 1. The molecule has 1 aliphatic heterocycles. The van der Waals surface area contributed by atoms with Crippen molar-refractivity contribution in [2.45, 2.75) is 25.0 Å². The van der Waals surface area contributed by atoms with E-state index < -0.39 is 28.1 Å². The first-order valence-corrected chi connectivity index (χ1v) is 10.0. The minimum atomic E-state index is -3.80. The van der Waals surface area contributed by atoms with Crippen molar-refractivity contribution in [3.63, 3.8) is 0 Å². The van der Waals surface area contributed by atoms with Gasteiger partial charge in [0.15, 0.2) is 0 Å². The fraction of sp³-hybridized carbons (Fsp3) is 0.529. The zero-order valence-corrected chi connectivity index (χ0v) is 16.4. The zero-order valence-electron chi connectivity index (χ0n) is 15.6. The van der Waals surface area contributed by atoms with E-state index in [0.29, 0.717) is 12.3 Å². The summed E-state index contributed by atoms with van der Waals surface area (Å²) in [4.78, 5) is 23.7. The highest BCUT2D eigenvalue weighted by Crippen LogP contribution is 2.23. The normalized spacial score (nSPS) is 17.7. The Hall–Kier alpha value is -2.17. The summed E-state index contributed by atoms with van der Waals surface area (Å²) in [5.74, 6) is -0.827. The van der Waals surface area contributed by atoms with E-state index in [1.165, 1.54) is 23.5 Å². The highest BCUT2D eigenvalue weighted by atomic mass is 32.2. The van der Waals surface area contributed by atoms with Crippen LogP contribution in [0.5, 0.6) is 5.75 Å². The molecule has 27 heavy (non-hydrogen) atoms. The van der Waals surface area contributed by atoms with E-state index in [0.717, 1.165) is 0 Å². The van der Waals surface area contributed by atoms with Gasteiger partial charge in [0, 0.05) is 13.1 Å². The zero-order chi connectivity index (χ0) is 20.0. The summed E-state index contributed by atoms with van der Waals surface area (Å²) in [6, 6.07) is 6.00.